The predicted octanol–water partition coefficient (Wildman–Crippen LogP) is 4.69. The molecular formula is C23H17ClN8. The summed E-state index contributed by atoms with van der Waals surface area (Å²) in [5, 5.41) is 15.7. The monoisotopic (exact) mass is 440 g/mol. The van der Waals surface area contributed by atoms with Gasteiger partial charge in [0.25, 0.3) is 0 Å². The summed E-state index contributed by atoms with van der Waals surface area (Å²) in [7, 11) is 0. The molecule has 1 aliphatic rings. The zero-order valence-electron chi connectivity index (χ0n) is 16.8. The van der Waals surface area contributed by atoms with Crippen molar-refractivity contribution >= 4 is 34.0 Å². The molecule has 0 unspecified atom stereocenters. The second kappa shape index (κ2) is 7.21. The van der Waals surface area contributed by atoms with Gasteiger partial charge in [-0.25, -0.2) is 4.68 Å². The highest BCUT2D eigenvalue weighted by Crippen LogP contribution is 2.32. The first-order valence-corrected chi connectivity index (χ1v) is 10.4. The van der Waals surface area contributed by atoms with Crippen LogP contribution in [0.3, 0.4) is 0 Å². The van der Waals surface area contributed by atoms with E-state index in [1.165, 1.54) is 0 Å². The summed E-state index contributed by atoms with van der Waals surface area (Å²) in [4.78, 5) is 9.03. The summed E-state index contributed by atoms with van der Waals surface area (Å²) < 4.78 is 3.92. The third-order valence-electron chi connectivity index (χ3n) is 5.36. The summed E-state index contributed by atoms with van der Waals surface area (Å²) in [5.41, 5.74) is 7.16. The standard InChI is InChI=1S/C23H17ClN8/c1-14-27-18-7-6-17(9-19(18)28-14)32-23-10-20(26-12-21(23)29-30-32)22-3-2-8-31(22)13-16-5-4-15(24)11-25-16/h2-12,27-28H,1,13H2. The van der Waals surface area contributed by atoms with Gasteiger partial charge in [-0.05, 0) is 48.5 Å². The van der Waals surface area contributed by atoms with Crippen LogP contribution in [0.4, 0.5) is 11.4 Å². The van der Waals surface area contributed by atoms with Gasteiger partial charge in [0.2, 0.25) is 0 Å². The molecule has 4 aromatic heterocycles. The van der Waals surface area contributed by atoms with E-state index in [1.807, 2.05) is 59.4 Å². The molecule has 2 N–H and O–H groups in total. The molecule has 0 atom stereocenters. The average Bonchev–Trinajstić information content (AvgIpc) is 3.51. The first-order valence-electron chi connectivity index (χ1n) is 9.99. The van der Waals surface area contributed by atoms with E-state index in [2.05, 4.69) is 42.1 Å². The van der Waals surface area contributed by atoms with Gasteiger partial charge in [0.15, 0.2) is 0 Å². The molecule has 0 saturated heterocycles. The number of benzene rings is 1. The summed E-state index contributed by atoms with van der Waals surface area (Å²) in [6.07, 6.45) is 5.42. The van der Waals surface area contributed by atoms with E-state index in [0.29, 0.717) is 11.6 Å². The molecule has 0 aliphatic carbocycles. The molecule has 8 nitrogen and oxygen atoms in total. The Morgan fingerprint density at radius 2 is 1.88 bits per heavy atom. The van der Waals surface area contributed by atoms with Gasteiger partial charge < -0.3 is 15.2 Å². The molecule has 0 spiro atoms. The third-order valence-corrected chi connectivity index (χ3v) is 5.59. The van der Waals surface area contributed by atoms with E-state index in [1.54, 1.807) is 12.4 Å². The van der Waals surface area contributed by atoms with Gasteiger partial charge in [-0.3, -0.25) is 9.97 Å². The lowest BCUT2D eigenvalue weighted by atomic mass is 10.2. The number of pyridine rings is 2. The van der Waals surface area contributed by atoms with E-state index in [4.69, 9.17) is 11.6 Å². The van der Waals surface area contributed by atoms with Gasteiger partial charge in [-0.15, -0.1) is 5.10 Å². The quantitative estimate of drug-likeness (QED) is 0.421. The topological polar surface area (TPSA) is 85.5 Å². The minimum Gasteiger partial charge on any atom is -0.341 e. The zero-order chi connectivity index (χ0) is 21.7. The highest BCUT2D eigenvalue weighted by atomic mass is 35.5. The second-order valence-corrected chi connectivity index (χ2v) is 7.94. The lowest BCUT2D eigenvalue weighted by Crippen LogP contribution is -2.03. The number of rotatable bonds is 4. The van der Waals surface area contributed by atoms with Crippen molar-refractivity contribution in [2.75, 3.05) is 10.6 Å². The van der Waals surface area contributed by atoms with E-state index < -0.39 is 0 Å². The Balaban J connectivity index is 1.39. The van der Waals surface area contributed by atoms with E-state index in [-0.39, 0.29) is 0 Å². The fraction of sp³-hybridized carbons (Fsp3) is 0.0435. The predicted molar refractivity (Wildman–Crippen MR) is 125 cm³/mol. The van der Waals surface area contributed by atoms with Crippen LogP contribution in [0.15, 0.2) is 79.5 Å². The first-order chi connectivity index (χ1) is 15.6. The number of halogens is 1. The summed E-state index contributed by atoms with van der Waals surface area (Å²) in [6.45, 7) is 4.53. The summed E-state index contributed by atoms with van der Waals surface area (Å²) in [6, 6.07) is 15.8. The molecule has 5 aromatic rings. The molecule has 9 heteroatoms. The van der Waals surface area contributed by atoms with Crippen LogP contribution >= 0.6 is 11.6 Å². The normalized spacial score (nSPS) is 12.6. The minimum atomic E-state index is 0.615. The Labute approximate surface area is 188 Å². The SMILES string of the molecule is C=C1Nc2ccc(-n3nnc4cnc(-c5cccn5Cc5ccc(Cl)cn5)cc43)cc2N1. The van der Waals surface area contributed by atoms with Crippen molar-refractivity contribution in [2.45, 2.75) is 6.54 Å². The molecular weight excluding hydrogens is 424 g/mol. The number of anilines is 2. The van der Waals surface area contributed by atoms with Crippen LogP contribution < -0.4 is 10.6 Å². The van der Waals surface area contributed by atoms with Crippen LogP contribution in [0.5, 0.6) is 0 Å². The summed E-state index contributed by atoms with van der Waals surface area (Å²) >= 11 is 5.96. The van der Waals surface area contributed by atoms with Crippen molar-refractivity contribution in [3.8, 4) is 17.1 Å². The molecule has 5 heterocycles. The van der Waals surface area contributed by atoms with Crippen LogP contribution in [-0.4, -0.2) is 29.5 Å². The van der Waals surface area contributed by atoms with Crippen molar-refractivity contribution in [3.05, 3.63) is 90.2 Å². The van der Waals surface area contributed by atoms with E-state index >= 15 is 0 Å². The number of fused-ring (bicyclic) bond motifs is 2. The molecule has 0 saturated carbocycles. The van der Waals surface area contributed by atoms with E-state index in [0.717, 1.165) is 51.0 Å². The van der Waals surface area contributed by atoms with Crippen LogP contribution in [0, 0.1) is 0 Å². The van der Waals surface area contributed by atoms with Crippen LogP contribution in [0.1, 0.15) is 5.69 Å². The molecule has 1 aliphatic heterocycles. The van der Waals surface area contributed by atoms with Crippen LogP contribution in [-0.2, 0) is 6.54 Å². The van der Waals surface area contributed by atoms with Crippen LogP contribution in [0.25, 0.3) is 28.1 Å². The Morgan fingerprint density at radius 1 is 0.969 bits per heavy atom. The highest BCUT2D eigenvalue weighted by molar-refractivity contribution is 6.30. The van der Waals surface area contributed by atoms with Gasteiger partial charge in [0.05, 0.1) is 57.4 Å². The number of hydrogen-bond donors (Lipinski definition) is 2. The maximum atomic E-state index is 5.96. The minimum absolute atomic E-state index is 0.615. The Bertz CT molecular complexity index is 1480. The second-order valence-electron chi connectivity index (χ2n) is 7.51. The molecule has 156 valence electrons. The number of hydrogen-bond acceptors (Lipinski definition) is 6. The molecule has 1 aromatic carbocycles. The molecule has 0 bridgehead atoms. The molecule has 0 radical (unpaired) electrons. The molecule has 6 rings (SSSR count). The van der Waals surface area contributed by atoms with Crippen molar-refractivity contribution < 1.29 is 0 Å². The number of nitrogens with one attached hydrogen (secondary N) is 2. The van der Waals surface area contributed by atoms with Gasteiger partial charge in [0.1, 0.15) is 11.3 Å². The van der Waals surface area contributed by atoms with Crippen molar-refractivity contribution in [3.63, 3.8) is 0 Å². The molecule has 0 amide bonds. The Kier molecular flexibility index (Phi) is 4.19. The Morgan fingerprint density at radius 3 is 2.75 bits per heavy atom. The fourth-order valence-electron chi connectivity index (χ4n) is 3.85. The largest absolute Gasteiger partial charge is 0.341 e. The fourth-order valence-corrected chi connectivity index (χ4v) is 3.96. The lowest BCUT2D eigenvalue weighted by Gasteiger charge is -2.09. The zero-order valence-corrected chi connectivity index (χ0v) is 17.6. The van der Waals surface area contributed by atoms with Gasteiger partial charge in [-0.2, -0.15) is 0 Å². The Hall–Kier alpha value is -4.17. The number of aromatic nitrogens is 6. The van der Waals surface area contributed by atoms with Crippen molar-refractivity contribution in [2.24, 2.45) is 0 Å². The maximum Gasteiger partial charge on any atom is 0.131 e. The third kappa shape index (κ3) is 3.17. The van der Waals surface area contributed by atoms with Crippen molar-refractivity contribution in [1.29, 1.82) is 0 Å². The summed E-state index contributed by atoms with van der Waals surface area (Å²) in [5.74, 6) is 0.753. The van der Waals surface area contributed by atoms with Crippen molar-refractivity contribution in [1.82, 2.24) is 29.5 Å². The smallest absolute Gasteiger partial charge is 0.131 e. The first kappa shape index (κ1) is 18.6. The lowest BCUT2D eigenvalue weighted by molar-refractivity contribution is 0.786. The molecule has 32 heavy (non-hydrogen) atoms. The van der Waals surface area contributed by atoms with Gasteiger partial charge >= 0.3 is 0 Å². The maximum absolute atomic E-state index is 5.96. The molecule has 0 fully saturated rings. The highest BCUT2D eigenvalue weighted by Gasteiger charge is 2.16. The van der Waals surface area contributed by atoms with Gasteiger partial charge in [0, 0.05) is 12.4 Å². The average molecular weight is 441 g/mol. The number of nitrogens with zero attached hydrogens (tertiary/aromatic N) is 6. The van der Waals surface area contributed by atoms with Gasteiger partial charge in [-0.1, -0.05) is 23.4 Å². The van der Waals surface area contributed by atoms with Crippen LogP contribution in [0.2, 0.25) is 5.02 Å². The van der Waals surface area contributed by atoms with E-state index in [9.17, 15) is 0 Å².